The number of hydrogen-bond donors (Lipinski definition) is 1. The predicted molar refractivity (Wildman–Crippen MR) is 62.1 cm³/mol. The molecule has 0 amide bonds. The molecule has 1 aromatic rings. The average Bonchev–Trinajstić information content (AvgIpc) is 2.71. The summed E-state index contributed by atoms with van der Waals surface area (Å²) < 4.78 is 7.45. The number of nitrogens with zero attached hydrogens (tertiary/aromatic N) is 2. The van der Waals surface area contributed by atoms with Gasteiger partial charge < -0.3 is 14.6 Å². The van der Waals surface area contributed by atoms with Gasteiger partial charge in [-0.25, -0.2) is 4.98 Å². The SMILES string of the molecule is C=CCNc1nccn1C(C)COCC. The van der Waals surface area contributed by atoms with Gasteiger partial charge in [0.25, 0.3) is 0 Å². The fraction of sp³-hybridized carbons (Fsp3) is 0.545. The van der Waals surface area contributed by atoms with Gasteiger partial charge in [-0.2, -0.15) is 0 Å². The molecule has 1 heterocycles. The Morgan fingerprint density at radius 3 is 3.20 bits per heavy atom. The molecule has 4 heteroatoms. The molecule has 84 valence electrons. The van der Waals surface area contributed by atoms with Crippen molar-refractivity contribution >= 4 is 5.95 Å². The van der Waals surface area contributed by atoms with Gasteiger partial charge >= 0.3 is 0 Å². The molecule has 0 saturated carbocycles. The minimum atomic E-state index is 0.291. The van der Waals surface area contributed by atoms with Crippen molar-refractivity contribution in [2.24, 2.45) is 0 Å². The molecule has 0 aliphatic carbocycles. The van der Waals surface area contributed by atoms with E-state index in [1.165, 1.54) is 0 Å². The van der Waals surface area contributed by atoms with Crippen molar-refractivity contribution in [1.29, 1.82) is 0 Å². The molecule has 1 aromatic heterocycles. The van der Waals surface area contributed by atoms with E-state index < -0.39 is 0 Å². The van der Waals surface area contributed by atoms with Gasteiger partial charge in [-0.15, -0.1) is 6.58 Å². The second-order valence-corrected chi connectivity index (χ2v) is 3.34. The molecule has 0 fully saturated rings. The van der Waals surface area contributed by atoms with Crippen LogP contribution in [0.2, 0.25) is 0 Å². The van der Waals surface area contributed by atoms with E-state index in [0.29, 0.717) is 12.6 Å². The van der Waals surface area contributed by atoms with Crippen LogP contribution in [-0.2, 0) is 4.74 Å². The molecule has 0 radical (unpaired) electrons. The molecule has 0 aliphatic rings. The van der Waals surface area contributed by atoms with Crippen molar-refractivity contribution in [3.05, 3.63) is 25.0 Å². The summed E-state index contributed by atoms with van der Waals surface area (Å²) in [5.74, 6) is 0.863. The maximum absolute atomic E-state index is 5.38. The average molecular weight is 209 g/mol. The van der Waals surface area contributed by atoms with Crippen molar-refractivity contribution in [2.75, 3.05) is 25.1 Å². The highest BCUT2D eigenvalue weighted by Crippen LogP contribution is 2.13. The molecule has 4 nitrogen and oxygen atoms in total. The molecule has 1 atom stereocenters. The number of ether oxygens (including phenoxy) is 1. The summed E-state index contributed by atoms with van der Waals surface area (Å²) >= 11 is 0. The van der Waals surface area contributed by atoms with Crippen LogP contribution in [0.3, 0.4) is 0 Å². The Balaban J connectivity index is 2.58. The molecule has 1 rings (SSSR count). The van der Waals surface area contributed by atoms with Gasteiger partial charge in [0.05, 0.1) is 12.6 Å². The Kier molecular flexibility index (Phi) is 4.90. The van der Waals surface area contributed by atoms with Crippen LogP contribution in [0.1, 0.15) is 19.9 Å². The van der Waals surface area contributed by atoms with Crippen molar-refractivity contribution < 1.29 is 4.74 Å². The Labute approximate surface area is 91.0 Å². The van der Waals surface area contributed by atoms with E-state index in [2.05, 4.69) is 28.4 Å². The summed E-state index contributed by atoms with van der Waals surface area (Å²) in [6, 6.07) is 0.291. The highest BCUT2D eigenvalue weighted by atomic mass is 16.5. The monoisotopic (exact) mass is 209 g/mol. The minimum Gasteiger partial charge on any atom is -0.380 e. The van der Waals surface area contributed by atoms with Crippen LogP contribution in [0.5, 0.6) is 0 Å². The molecule has 0 aliphatic heterocycles. The molecule has 1 unspecified atom stereocenters. The van der Waals surface area contributed by atoms with Crippen molar-refractivity contribution in [1.82, 2.24) is 9.55 Å². The van der Waals surface area contributed by atoms with Crippen molar-refractivity contribution in [3.8, 4) is 0 Å². The Morgan fingerprint density at radius 2 is 2.53 bits per heavy atom. The van der Waals surface area contributed by atoms with Gasteiger partial charge in [-0.3, -0.25) is 0 Å². The van der Waals surface area contributed by atoms with E-state index in [9.17, 15) is 0 Å². The first kappa shape index (κ1) is 11.8. The van der Waals surface area contributed by atoms with Gasteiger partial charge in [0.2, 0.25) is 5.95 Å². The lowest BCUT2D eigenvalue weighted by atomic mass is 10.3. The minimum absolute atomic E-state index is 0.291. The van der Waals surface area contributed by atoms with E-state index in [1.54, 1.807) is 6.20 Å². The first-order chi connectivity index (χ1) is 7.29. The fourth-order valence-electron chi connectivity index (χ4n) is 1.34. The molecule has 0 bridgehead atoms. The van der Waals surface area contributed by atoms with E-state index in [0.717, 1.165) is 19.1 Å². The fourth-order valence-corrected chi connectivity index (χ4v) is 1.34. The normalized spacial score (nSPS) is 12.4. The number of rotatable bonds is 7. The first-order valence-electron chi connectivity index (χ1n) is 5.25. The standard InChI is InChI=1S/C11H19N3O/c1-4-6-12-11-13-7-8-14(11)10(3)9-15-5-2/h4,7-8,10H,1,5-6,9H2,2-3H3,(H,12,13). The van der Waals surface area contributed by atoms with Crippen molar-refractivity contribution in [3.63, 3.8) is 0 Å². The maximum Gasteiger partial charge on any atom is 0.203 e. The summed E-state index contributed by atoms with van der Waals surface area (Å²) in [5, 5.41) is 3.18. The number of aromatic nitrogens is 2. The summed E-state index contributed by atoms with van der Waals surface area (Å²) in [6.07, 6.45) is 5.55. The molecule has 0 spiro atoms. The van der Waals surface area contributed by atoms with Gasteiger partial charge in [-0.1, -0.05) is 6.08 Å². The Morgan fingerprint density at radius 1 is 1.73 bits per heavy atom. The van der Waals surface area contributed by atoms with Crippen LogP contribution in [-0.4, -0.2) is 29.3 Å². The van der Waals surface area contributed by atoms with Crippen LogP contribution in [0.15, 0.2) is 25.0 Å². The maximum atomic E-state index is 5.38. The third-order valence-corrected chi connectivity index (χ3v) is 2.11. The lowest BCUT2D eigenvalue weighted by molar-refractivity contribution is 0.119. The zero-order valence-electron chi connectivity index (χ0n) is 9.44. The Hall–Kier alpha value is -1.29. The molecule has 15 heavy (non-hydrogen) atoms. The zero-order valence-corrected chi connectivity index (χ0v) is 9.44. The number of hydrogen-bond acceptors (Lipinski definition) is 3. The first-order valence-corrected chi connectivity index (χ1v) is 5.25. The third kappa shape index (κ3) is 3.40. The topological polar surface area (TPSA) is 39.1 Å². The largest absolute Gasteiger partial charge is 0.380 e. The van der Waals surface area contributed by atoms with Crippen LogP contribution in [0.25, 0.3) is 0 Å². The highest BCUT2D eigenvalue weighted by Gasteiger charge is 2.08. The van der Waals surface area contributed by atoms with Gasteiger partial charge in [0.1, 0.15) is 0 Å². The number of imidazole rings is 1. The van der Waals surface area contributed by atoms with E-state index >= 15 is 0 Å². The van der Waals surface area contributed by atoms with Gasteiger partial charge in [0.15, 0.2) is 0 Å². The van der Waals surface area contributed by atoms with Crippen LogP contribution in [0.4, 0.5) is 5.95 Å². The quantitative estimate of drug-likeness (QED) is 0.699. The third-order valence-electron chi connectivity index (χ3n) is 2.11. The van der Waals surface area contributed by atoms with E-state index in [-0.39, 0.29) is 0 Å². The van der Waals surface area contributed by atoms with Crippen molar-refractivity contribution in [2.45, 2.75) is 19.9 Å². The van der Waals surface area contributed by atoms with Gasteiger partial charge in [0, 0.05) is 25.5 Å². The zero-order chi connectivity index (χ0) is 11.1. The number of nitrogens with one attached hydrogen (secondary N) is 1. The smallest absolute Gasteiger partial charge is 0.203 e. The molecule has 0 saturated heterocycles. The highest BCUT2D eigenvalue weighted by molar-refractivity contribution is 5.27. The van der Waals surface area contributed by atoms with Crippen LogP contribution >= 0.6 is 0 Å². The van der Waals surface area contributed by atoms with E-state index in [4.69, 9.17) is 4.74 Å². The van der Waals surface area contributed by atoms with Crippen LogP contribution in [0, 0.1) is 0 Å². The summed E-state index contributed by atoms with van der Waals surface area (Å²) in [4.78, 5) is 4.23. The van der Waals surface area contributed by atoms with E-state index in [1.807, 2.05) is 19.2 Å². The molecular formula is C11H19N3O. The lowest BCUT2D eigenvalue weighted by Crippen LogP contribution is -2.15. The van der Waals surface area contributed by atoms with Gasteiger partial charge in [-0.05, 0) is 13.8 Å². The molecule has 1 N–H and O–H groups in total. The Bertz CT molecular complexity index is 296. The number of anilines is 1. The summed E-state index contributed by atoms with van der Waals surface area (Å²) in [5.41, 5.74) is 0. The summed E-state index contributed by atoms with van der Waals surface area (Å²) in [7, 11) is 0. The summed E-state index contributed by atoms with van der Waals surface area (Å²) in [6.45, 7) is 9.93. The molecule has 0 aromatic carbocycles. The predicted octanol–water partition coefficient (Wildman–Crippen LogP) is 2.08. The second kappa shape index (κ2) is 6.24. The lowest BCUT2D eigenvalue weighted by Gasteiger charge is -2.16. The van der Waals surface area contributed by atoms with Crippen LogP contribution < -0.4 is 5.32 Å². The molecular weight excluding hydrogens is 190 g/mol. The second-order valence-electron chi connectivity index (χ2n) is 3.34.